The lowest BCUT2D eigenvalue weighted by Crippen LogP contribution is -2.56. The highest BCUT2D eigenvalue weighted by Crippen LogP contribution is 2.82. The van der Waals surface area contributed by atoms with Crippen molar-refractivity contribution >= 4 is 11.8 Å². The number of rotatable bonds is 0. The van der Waals surface area contributed by atoms with Crippen molar-refractivity contribution in [2.24, 2.45) is 57.7 Å². The number of carbonyl (C=O) groups is 2. The van der Waals surface area contributed by atoms with Crippen LogP contribution in [0.25, 0.3) is 0 Å². The Bertz CT molecular complexity index is 970. The molecule has 5 saturated carbocycles. The van der Waals surface area contributed by atoms with Gasteiger partial charge in [0, 0.05) is 23.7 Å². The number of carbonyl (C=O) groups excluding carboxylic acids is 2. The fourth-order valence-electron chi connectivity index (χ4n) is 10.2. The van der Waals surface area contributed by atoms with E-state index in [-0.39, 0.29) is 22.4 Å². The fraction of sp³-hybridized carbons (Fsp3) is 0.769. The summed E-state index contributed by atoms with van der Waals surface area (Å²) in [6, 6.07) is 0. The first-order valence-electron chi connectivity index (χ1n) is 12.0. The van der Waals surface area contributed by atoms with Crippen LogP contribution in [0.5, 0.6) is 0 Å². The highest BCUT2D eigenvalue weighted by molar-refractivity contribution is 5.96. The van der Waals surface area contributed by atoms with Crippen LogP contribution in [0.3, 0.4) is 0 Å². The monoisotopic (exact) mass is 390 g/mol. The van der Waals surface area contributed by atoms with Gasteiger partial charge < -0.3 is 4.74 Å². The van der Waals surface area contributed by atoms with Crippen molar-refractivity contribution in [3.8, 4) is 0 Å². The van der Waals surface area contributed by atoms with Gasteiger partial charge in [-0.05, 0) is 85.0 Å². The molecule has 1 saturated heterocycles. The average Bonchev–Trinajstić information content (AvgIpc) is 3.57. The molecule has 0 N–H and O–H groups in total. The lowest BCUT2D eigenvalue weighted by atomic mass is 9.45. The van der Waals surface area contributed by atoms with Crippen LogP contribution in [0.15, 0.2) is 23.8 Å². The van der Waals surface area contributed by atoms with Crippen molar-refractivity contribution in [1.29, 1.82) is 0 Å². The molecule has 10 atom stereocenters. The molecule has 0 radical (unpaired) electrons. The molecule has 1 heterocycles. The quantitative estimate of drug-likeness (QED) is 0.453. The molecule has 152 valence electrons. The summed E-state index contributed by atoms with van der Waals surface area (Å²) in [7, 11) is 0. The SMILES string of the molecule is C[C@@]12C(=CC(=O)C3C[C@@H]31)C1(CC1)CC1C2C=C[C@@]2(C)C1[C@@H]1CC1[C@@]21CCC(=O)O1. The van der Waals surface area contributed by atoms with E-state index in [2.05, 4.69) is 32.1 Å². The molecule has 0 aromatic rings. The normalized spacial score (nSPS) is 61.3. The molecule has 0 aromatic heterocycles. The number of ketones is 1. The maximum Gasteiger partial charge on any atom is 0.306 e. The van der Waals surface area contributed by atoms with Crippen LogP contribution >= 0.6 is 0 Å². The second-order valence-corrected chi connectivity index (χ2v) is 12.4. The van der Waals surface area contributed by atoms with Gasteiger partial charge in [0.05, 0.1) is 0 Å². The maximum absolute atomic E-state index is 12.7. The van der Waals surface area contributed by atoms with Crippen LogP contribution in [0.4, 0.5) is 0 Å². The zero-order valence-electron chi connectivity index (χ0n) is 17.4. The van der Waals surface area contributed by atoms with Gasteiger partial charge in [-0.2, -0.15) is 0 Å². The molecule has 29 heavy (non-hydrogen) atoms. The van der Waals surface area contributed by atoms with Crippen molar-refractivity contribution in [3.05, 3.63) is 23.8 Å². The number of fused-ring (bicyclic) bond motifs is 12. The third kappa shape index (κ3) is 1.53. The summed E-state index contributed by atoms with van der Waals surface area (Å²) in [5.74, 6) is 4.58. The van der Waals surface area contributed by atoms with E-state index in [4.69, 9.17) is 4.74 Å². The number of hydrogen-bond acceptors (Lipinski definition) is 3. The van der Waals surface area contributed by atoms with E-state index >= 15 is 0 Å². The number of allylic oxidation sites excluding steroid dienone is 3. The predicted octanol–water partition coefficient (Wildman–Crippen LogP) is 4.47. The Hall–Kier alpha value is -1.38. The summed E-state index contributed by atoms with van der Waals surface area (Å²) in [5, 5.41) is 0. The van der Waals surface area contributed by atoms with E-state index in [1.807, 2.05) is 0 Å². The Labute approximate surface area is 172 Å². The van der Waals surface area contributed by atoms with Crippen molar-refractivity contribution in [1.82, 2.24) is 0 Å². The number of ether oxygens (including phenoxy) is 1. The second kappa shape index (κ2) is 4.32. The van der Waals surface area contributed by atoms with Gasteiger partial charge in [0.25, 0.3) is 0 Å². The van der Waals surface area contributed by atoms with E-state index in [0.29, 0.717) is 53.1 Å². The molecule has 7 aliphatic carbocycles. The van der Waals surface area contributed by atoms with E-state index < -0.39 is 0 Å². The zero-order valence-corrected chi connectivity index (χ0v) is 17.4. The van der Waals surface area contributed by atoms with Gasteiger partial charge in [-0.1, -0.05) is 31.6 Å². The van der Waals surface area contributed by atoms with Crippen LogP contribution in [-0.4, -0.2) is 17.4 Å². The molecule has 5 unspecified atom stereocenters. The van der Waals surface area contributed by atoms with Crippen molar-refractivity contribution in [2.45, 2.75) is 64.4 Å². The summed E-state index contributed by atoms with van der Waals surface area (Å²) in [4.78, 5) is 24.9. The summed E-state index contributed by atoms with van der Waals surface area (Å²) >= 11 is 0. The summed E-state index contributed by atoms with van der Waals surface area (Å²) < 4.78 is 6.21. The zero-order chi connectivity index (χ0) is 19.6. The van der Waals surface area contributed by atoms with Crippen molar-refractivity contribution < 1.29 is 14.3 Å². The molecular formula is C26H30O3. The first-order valence-corrected chi connectivity index (χ1v) is 12.0. The summed E-state index contributed by atoms with van der Waals surface area (Å²) in [6.07, 6.45) is 14.9. The molecule has 8 aliphatic rings. The van der Waals surface area contributed by atoms with Gasteiger partial charge >= 0.3 is 5.97 Å². The Morgan fingerprint density at radius 1 is 1.03 bits per heavy atom. The van der Waals surface area contributed by atoms with Gasteiger partial charge in [0.1, 0.15) is 5.60 Å². The Balaban J connectivity index is 1.30. The molecule has 0 amide bonds. The van der Waals surface area contributed by atoms with E-state index in [1.165, 1.54) is 31.3 Å². The molecule has 3 nitrogen and oxygen atoms in total. The Morgan fingerprint density at radius 2 is 1.86 bits per heavy atom. The molecule has 3 heteroatoms. The number of esters is 1. The molecule has 8 rings (SSSR count). The first-order chi connectivity index (χ1) is 13.8. The van der Waals surface area contributed by atoms with Gasteiger partial charge in [-0.25, -0.2) is 0 Å². The lowest BCUT2D eigenvalue weighted by molar-refractivity contribution is -0.162. The third-order valence-electron chi connectivity index (χ3n) is 11.6. The standard InChI is InChI=1S/C26H30O3/c1-23-5-3-16-15(22(23)14-10-18(14)26(23)6-4-21(28)29-26)12-25(7-8-25)20-11-19(27)13-9-17(13)24(16,20)2/h3,5,11,13-18,22H,4,6-10,12H2,1-2H3/t13?,14-,15?,16?,17+,18?,22?,23+,24+,26+/m1/s1. The molecular weight excluding hydrogens is 360 g/mol. The molecule has 2 spiro atoms. The summed E-state index contributed by atoms with van der Waals surface area (Å²) in [5.41, 5.74) is 1.82. The third-order valence-corrected chi connectivity index (χ3v) is 11.6. The smallest absolute Gasteiger partial charge is 0.306 e. The first kappa shape index (κ1) is 16.3. The van der Waals surface area contributed by atoms with Crippen molar-refractivity contribution in [3.63, 3.8) is 0 Å². The summed E-state index contributed by atoms with van der Waals surface area (Å²) in [6.45, 7) is 4.94. The van der Waals surface area contributed by atoms with E-state index in [1.54, 1.807) is 0 Å². The second-order valence-electron chi connectivity index (χ2n) is 12.4. The van der Waals surface area contributed by atoms with Gasteiger partial charge in [0.15, 0.2) is 5.78 Å². The number of hydrogen-bond donors (Lipinski definition) is 0. The Kier molecular flexibility index (Phi) is 2.43. The van der Waals surface area contributed by atoms with E-state index in [0.717, 1.165) is 18.8 Å². The molecule has 6 fully saturated rings. The minimum atomic E-state index is -0.223. The molecule has 0 bridgehead atoms. The molecule has 1 aliphatic heterocycles. The highest BCUT2D eigenvalue weighted by atomic mass is 16.6. The van der Waals surface area contributed by atoms with Crippen LogP contribution in [0.1, 0.15) is 58.8 Å². The average molecular weight is 391 g/mol. The van der Waals surface area contributed by atoms with E-state index in [9.17, 15) is 9.59 Å². The minimum Gasteiger partial charge on any atom is -0.458 e. The van der Waals surface area contributed by atoms with Crippen LogP contribution in [-0.2, 0) is 14.3 Å². The van der Waals surface area contributed by atoms with Gasteiger partial charge in [-0.15, -0.1) is 0 Å². The van der Waals surface area contributed by atoms with Crippen molar-refractivity contribution in [2.75, 3.05) is 0 Å². The lowest BCUT2D eigenvalue weighted by Gasteiger charge is -2.59. The van der Waals surface area contributed by atoms with Crippen LogP contribution < -0.4 is 0 Å². The van der Waals surface area contributed by atoms with Crippen LogP contribution in [0.2, 0.25) is 0 Å². The van der Waals surface area contributed by atoms with Gasteiger partial charge in [0.2, 0.25) is 0 Å². The maximum atomic E-state index is 12.7. The van der Waals surface area contributed by atoms with Crippen LogP contribution in [0, 0.1) is 57.7 Å². The minimum absolute atomic E-state index is 0.00893. The highest BCUT2D eigenvalue weighted by Gasteiger charge is 2.80. The predicted molar refractivity (Wildman–Crippen MR) is 106 cm³/mol. The van der Waals surface area contributed by atoms with Gasteiger partial charge in [-0.3, -0.25) is 9.59 Å². The topological polar surface area (TPSA) is 43.4 Å². The molecule has 0 aromatic carbocycles. The Morgan fingerprint density at radius 3 is 2.59 bits per heavy atom. The largest absolute Gasteiger partial charge is 0.458 e. The fourth-order valence-corrected chi connectivity index (χ4v) is 10.2.